The molecule has 0 heterocycles. The lowest BCUT2D eigenvalue weighted by atomic mass is 9.92. The molecule has 0 bridgehead atoms. The van der Waals surface area contributed by atoms with Crippen molar-refractivity contribution in [3.8, 4) is 11.8 Å². The van der Waals surface area contributed by atoms with Crippen molar-refractivity contribution >= 4 is 17.6 Å². The normalized spacial score (nSPS) is 13.1. The molecule has 0 saturated carbocycles. The van der Waals surface area contributed by atoms with Crippen LogP contribution in [-0.2, 0) is 14.3 Å². The van der Waals surface area contributed by atoms with Crippen LogP contribution in [0.25, 0.3) is 0 Å². The molecule has 0 aromatic heterocycles. The van der Waals surface area contributed by atoms with E-state index in [4.69, 9.17) is 9.84 Å². The standard InChI is InChI=1S/C26H29FN2O7/c1-26(23(33)15-31,25(35)28-2)29(3)24(34)19-9-6-17(7-10-19)4-5-18-8-11-20(21(27)14-18)22(32)16-36-13-12-30/h6-11,14,22,30-32H,12-13,15-16H2,1-3H3,(H,28,35)/t22?,26-/m1/s1. The summed E-state index contributed by atoms with van der Waals surface area (Å²) in [6.45, 7) is 0.0341. The third-order valence-corrected chi connectivity index (χ3v) is 5.69. The number of ether oxygens (including phenoxy) is 1. The van der Waals surface area contributed by atoms with Gasteiger partial charge in [0.2, 0.25) is 0 Å². The second kappa shape index (κ2) is 12.9. The lowest BCUT2D eigenvalue weighted by Gasteiger charge is -2.35. The van der Waals surface area contributed by atoms with E-state index in [-0.39, 0.29) is 30.9 Å². The second-order valence-electron chi connectivity index (χ2n) is 7.97. The SMILES string of the molecule is CNC(=O)[C@@](C)(C(=O)CO)N(C)C(=O)c1ccc(C#Cc2ccc(C(O)COCCO)c(F)c2)cc1. The van der Waals surface area contributed by atoms with Crippen LogP contribution in [0.3, 0.4) is 0 Å². The predicted octanol–water partition coefficient (Wildman–Crippen LogP) is 0.406. The molecule has 0 aliphatic heterocycles. The van der Waals surface area contributed by atoms with Crippen molar-refractivity contribution < 1.29 is 38.8 Å². The maximum atomic E-state index is 14.4. The Balaban J connectivity index is 2.17. The molecule has 0 saturated heterocycles. The molecule has 0 aliphatic rings. The number of carbonyl (C=O) groups excluding carboxylic acids is 3. The quantitative estimate of drug-likeness (QED) is 0.211. The van der Waals surface area contributed by atoms with Crippen LogP contribution in [0.4, 0.5) is 4.39 Å². The Hall–Kier alpha value is -3.62. The fraction of sp³-hybridized carbons (Fsp3) is 0.346. The molecule has 0 fully saturated rings. The highest BCUT2D eigenvalue weighted by Gasteiger charge is 2.46. The van der Waals surface area contributed by atoms with Gasteiger partial charge < -0.3 is 30.3 Å². The van der Waals surface area contributed by atoms with E-state index >= 15 is 0 Å². The first-order chi connectivity index (χ1) is 17.1. The van der Waals surface area contributed by atoms with E-state index in [9.17, 15) is 29.0 Å². The number of aliphatic hydroxyl groups is 3. The number of halogens is 1. The maximum Gasteiger partial charge on any atom is 0.254 e. The number of nitrogens with zero attached hydrogens (tertiary/aromatic N) is 1. The number of nitrogens with one attached hydrogen (secondary N) is 1. The van der Waals surface area contributed by atoms with Crippen molar-refractivity contribution in [3.05, 3.63) is 70.5 Å². The maximum absolute atomic E-state index is 14.4. The van der Waals surface area contributed by atoms with Gasteiger partial charge in [0.15, 0.2) is 11.3 Å². The van der Waals surface area contributed by atoms with Crippen molar-refractivity contribution in [1.82, 2.24) is 10.2 Å². The zero-order valence-corrected chi connectivity index (χ0v) is 20.2. The van der Waals surface area contributed by atoms with Crippen LogP contribution < -0.4 is 5.32 Å². The molecule has 0 radical (unpaired) electrons. The van der Waals surface area contributed by atoms with Crippen LogP contribution in [0.15, 0.2) is 42.5 Å². The Morgan fingerprint density at radius 3 is 2.28 bits per heavy atom. The first kappa shape index (κ1) is 28.6. The summed E-state index contributed by atoms with van der Waals surface area (Å²) in [5.74, 6) is 2.83. The van der Waals surface area contributed by atoms with E-state index < -0.39 is 41.7 Å². The van der Waals surface area contributed by atoms with Crippen LogP contribution in [0.5, 0.6) is 0 Å². The molecule has 0 aliphatic carbocycles. The monoisotopic (exact) mass is 500 g/mol. The minimum absolute atomic E-state index is 0.0388. The van der Waals surface area contributed by atoms with Gasteiger partial charge in [0.25, 0.3) is 11.8 Å². The average Bonchev–Trinajstić information content (AvgIpc) is 2.89. The van der Waals surface area contributed by atoms with Crippen LogP contribution in [0.2, 0.25) is 0 Å². The number of hydrogen-bond donors (Lipinski definition) is 4. The first-order valence-electron chi connectivity index (χ1n) is 11.0. The molecular weight excluding hydrogens is 471 g/mol. The number of benzene rings is 2. The van der Waals surface area contributed by atoms with Gasteiger partial charge in [-0.25, -0.2) is 4.39 Å². The Morgan fingerprint density at radius 2 is 1.72 bits per heavy atom. The number of amides is 2. The summed E-state index contributed by atoms with van der Waals surface area (Å²) in [5.41, 5.74) is -0.765. The summed E-state index contributed by atoms with van der Waals surface area (Å²) in [7, 11) is 2.62. The summed E-state index contributed by atoms with van der Waals surface area (Å²) in [4.78, 5) is 38.5. The molecule has 2 aromatic carbocycles. The highest BCUT2D eigenvalue weighted by molar-refractivity contribution is 6.14. The summed E-state index contributed by atoms with van der Waals surface area (Å²) in [5, 5.41) is 30.3. The first-order valence-corrected chi connectivity index (χ1v) is 11.0. The molecule has 4 N–H and O–H groups in total. The summed E-state index contributed by atoms with van der Waals surface area (Å²) < 4.78 is 19.4. The van der Waals surface area contributed by atoms with E-state index in [1.54, 1.807) is 18.2 Å². The molecule has 9 nitrogen and oxygen atoms in total. The van der Waals surface area contributed by atoms with E-state index in [0.29, 0.717) is 11.1 Å². The molecule has 0 spiro atoms. The fourth-order valence-corrected chi connectivity index (χ4v) is 3.32. The zero-order valence-electron chi connectivity index (χ0n) is 20.2. The molecule has 2 rings (SSSR count). The minimum Gasteiger partial charge on any atom is -0.394 e. The van der Waals surface area contributed by atoms with E-state index in [1.165, 1.54) is 45.3 Å². The molecule has 36 heavy (non-hydrogen) atoms. The van der Waals surface area contributed by atoms with Gasteiger partial charge in [-0.3, -0.25) is 14.4 Å². The van der Waals surface area contributed by atoms with Gasteiger partial charge in [0.05, 0.1) is 19.8 Å². The van der Waals surface area contributed by atoms with Gasteiger partial charge in [-0.1, -0.05) is 17.9 Å². The Kier molecular flexibility index (Phi) is 10.3. The molecule has 192 valence electrons. The van der Waals surface area contributed by atoms with E-state index in [2.05, 4.69) is 17.2 Å². The van der Waals surface area contributed by atoms with Crippen molar-refractivity contribution in [2.75, 3.05) is 40.5 Å². The van der Waals surface area contributed by atoms with E-state index in [0.717, 1.165) is 4.90 Å². The smallest absolute Gasteiger partial charge is 0.254 e. The predicted molar refractivity (Wildman–Crippen MR) is 128 cm³/mol. The fourth-order valence-electron chi connectivity index (χ4n) is 3.32. The van der Waals surface area contributed by atoms with Crippen LogP contribution in [0, 0.1) is 17.7 Å². The Bertz CT molecular complexity index is 1140. The third-order valence-electron chi connectivity index (χ3n) is 5.69. The summed E-state index contributed by atoms with van der Waals surface area (Å²) in [6, 6.07) is 10.2. The number of rotatable bonds is 10. The third kappa shape index (κ3) is 6.53. The van der Waals surface area contributed by atoms with Crippen molar-refractivity contribution in [1.29, 1.82) is 0 Å². The summed E-state index contributed by atoms with van der Waals surface area (Å²) in [6.07, 6.45) is -1.18. The van der Waals surface area contributed by atoms with Gasteiger partial charge in [0.1, 0.15) is 18.5 Å². The molecular formula is C26H29FN2O7. The van der Waals surface area contributed by atoms with Crippen molar-refractivity contribution in [2.45, 2.75) is 18.6 Å². The van der Waals surface area contributed by atoms with E-state index in [1.807, 2.05) is 0 Å². The van der Waals surface area contributed by atoms with Gasteiger partial charge in [-0.2, -0.15) is 0 Å². The van der Waals surface area contributed by atoms with Crippen molar-refractivity contribution in [2.24, 2.45) is 0 Å². The number of likely N-dealkylation sites (N-methyl/N-ethyl adjacent to an activating group) is 2. The van der Waals surface area contributed by atoms with Crippen LogP contribution >= 0.6 is 0 Å². The van der Waals surface area contributed by atoms with Gasteiger partial charge in [0, 0.05) is 36.3 Å². The highest BCUT2D eigenvalue weighted by Crippen LogP contribution is 2.20. The number of aliphatic hydroxyl groups excluding tert-OH is 3. The topological polar surface area (TPSA) is 136 Å². The lowest BCUT2D eigenvalue weighted by molar-refractivity contribution is -0.143. The number of hydrogen-bond acceptors (Lipinski definition) is 7. The largest absolute Gasteiger partial charge is 0.394 e. The number of Topliss-reactive ketones (excluding diaryl/α,β-unsaturated/α-hetero) is 1. The highest BCUT2D eigenvalue weighted by atomic mass is 19.1. The Labute approximate surface area is 208 Å². The van der Waals surface area contributed by atoms with Gasteiger partial charge >= 0.3 is 0 Å². The number of ketones is 1. The lowest BCUT2D eigenvalue weighted by Crippen LogP contribution is -2.62. The van der Waals surface area contributed by atoms with Crippen LogP contribution in [-0.4, -0.2) is 83.9 Å². The summed E-state index contributed by atoms with van der Waals surface area (Å²) >= 11 is 0. The van der Waals surface area contributed by atoms with Gasteiger partial charge in [-0.15, -0.1) is 0 Å². The molecule has 2 amide bonds. The molecule has 2 aromatic rings. The molecule has 2 atom stereocenters. The zero-order chi connectivity index (χ0) is 26.9. The molecule has 10 heteroatoms. The van der Waals surface area contributed by atoms with Gasteiger partial charge in [-0.05, 0) is 43.3 Å². The van der Waals surface area contributed by atoms with Crippen LogP contribution in [0.1, 0.15) is 40.1 Å². The van der Waals surface area contributed by atoms with Crippen molar-refractivity contribution in [3.63, 3.8) is 0 Å². The Morgan fingerprint density at radius 1 is 1.11 bits per heavy atom. The molecule has 1 unspecified atom stereocenters. The second-order valence-corrected chi connectivity index (χ2v) is 7.97. The average molecular weight is 501 g/mol. The number of carbonyl (C=O) groups is 3. The minimum atomic E-state index is -1.90.